The van der Waals surface area contributed by atoms with Gasteiger partial charge in [0.25, 0.3) is 5.91 Å². The first-order valence-electron chi connectivity index (χ1n) is 7.63. The van der Waals surface area contributed by atoms with Gasteiger partial charge in [-0.1, -0.05) is 6.07 Å². The summed E-state index contributed by atoms with van der Waals surface area (Å²) in [4.78, 5) is 16.6. The predicted octanol–water partition coefficient (Wildman–Crippen LogP) is 3.87. The zero-order valence-electron chi connectivity index (χ0n) is 13.6. The third-order valence-electron chi connectivity index (χ3n) is 3.50. The molecule has 1 N–H and O–H groups in total. The second kappa shape index (κ2) is 6.84. The summed E-state index contributed by atoms with van der Waals surface area (Å²) in [5.41, 5.74) is 1.41. The van der Waals surface area contributed by atoms with Gasteiger partial charge in [0, 0.05) is 17.0 Å². The van der Waals surface area contributed by atoms with Crippen molar-refractivity contribution in [2.24, 2.45) is 0 Å². The monoisotopic (exact) mass is 346 g/mol. The quantitative estimate of drug-likeness (QED) is 0.761. The summed E-state index contributed by atoms with van der Waals surface area (Å²) in [6.45, 7) is 1.05. The van der Waals surface area contributed by atoms with Crippen LogP contribution in [0.15, 0.2) is 42.7 Å². The lowest BCUT2D eigenvalue weighted by Gasteiger charge is -2.09. The van der Waals surface area contributed by atoms with Crippen LogP contribution in [0.4, 0.5) is 14.5 Å². The maximum atomic E-state index is 12.3. The summed E-state index contributed by atoms with van der Waals surface area (Å²) in [6.07, 6.45) is 3.20. The number of rotatable bonds is 5. The highest BCUT2D eigenvalue weighted by molar-refractivity contribution is 6.05. The van der Waals surface area contributed by atoms with Crippen molar-refractivity contribution < 1.29 is 18.3 Å². The maximum Gasteiger partial charge on any atom is 0.387 e. The summed E-state index contributed by atoms with van der Waals surface area (Å²) in [6, 6.07) is 7.52. The van der Waals surface area contributed by atoms with E-state index in [0.29, 0.717) is 5.69 Å². The predicted molar refractivity (Wildman–Crippen MR) is 88.9 cm³/mol. The highest BCUT2D eigenvalue weighted by Crippen LogP contribution is 2.21. The van der Waals surface area contributed by atoms with E-state index in [1.807, 2.05) is 13.8 Å². The Kier molecular flexibility index (Phi) is 4.60. The van der Waals surface area contributed by atoms with Gasteiger partial charge >= 0.3 is 6.61 Å². The van der Waals surface area contributed by atoms with Crippen LogP contribution in [0.5, 0.6) is 5.75 Å². The standard InChI is InChI=1S/C17H16F2N4O2/c1-10(2)23-15-12(8-21-23)6-13(9-20-15)22-16(24)11-4-3-5-14(7-11)25-17(18)19/h3-10,17H,1-2H3,(H,22,24). The zero-order valence-corrected chi connectivity index (χ0v) is 13.6. The van der Waals surface area contributed by atoms with Gasteiger partial charge in [0.15, 0.2) is 5.65 Å². The molecule has 0 unspecified atom stereocenters. The molecule has 0 aliphatic rings. The van der Waals surface area contributed by atoms with Gasteiger partial charge in [0.2, 0.25) is 0 Å². The molecule has 0 atom stereocenters. The number of nitrogens with zero attached hydrogens (tertiary/aromatic N) is 3. The molecule has 3 rings (SSSR count). The van der Waals surface area contributed by atoms with Gasteiger partial charge in [0.05, 0.1) is 18.1 Å². The maximum absolute atomic E-state index is 12.3. The zero-order chi connectivity index (χ0) is 18.0. The lowest BCUT2D eigenvalue weighted by molar-refractivity contribution is -0.0498. The fourth-order valence-electron chi connectivity index (χ4n) is 2.40. The Morgan fingerprint density at radius 3 is 2.76 bits per heavy atom. The Balaban J connectivity index is 1.80. The van der Waals surface area contributed by atoms with Crippen molar-refractivity contribution in [3.63, 3.8) is 0 Å². The average Bonchev–Trinajstić information content (AvgIpc) is 2.98. The van der Waals surface area contributed by atoms with E-state index in [1.165, 1.54) is 30.5 Å². The summed E-state index contributed by atoms with van der Waals surface area (Å²) < 4.78 is 30.6. The van der Waals surface area contributed by atoms with E-state index in [4.69, 9.17) is 0 Å². The normalized spacial score (nSPS) is 11.3. The minimum absolute atomic E-state index is 0.0746. The molecule has 8 heteroatoms. The number of fused-ring (bicyclic) bond motifs is 1. The number of hydrogen-bond acceptors (Lipinski definition) is 4. The van der Waals surface area contributed by atoms with Crippen LogP contribution in [0.2, 0.25) is 0 Å². The van der Waals surface area contributed by atoms with Gasteiger partial charge in [-0.2, -0.15) is 13.9 Å². The van der Waals surface area contributed by atoms with Gasteiger partial charge in [-0.3, -0.25) is 4.79 Å². The molecule has 1 amide bonds. The Morgan fingerprint density at radius 1 is 1.24 bits per heavy atom. The molecule has 0 aliphatic carbocycles. The van der Waals surface area contributed by atoms with Crippen molar-refractivity contribution in [2.75, 3.05) is 5.32 Å². The van der Waals surface area contributed by atoms with Gasteiger partial charge in [0.1, 0.15) is 5.75 Å². The third-order valence-corrected chi connectivity index (χ3v) is 3.50. The molecule has 2 aromatic heterocycles. The number of ether oxygens (including phenoxy) is 1. The number of halogens is 2. The summed E-state index contributed by atoms with van der Waals surface area (Å²) >= 11 is 0. The summed E-state index contributed by atoms with van der Waals surface area (Å²) in [5, 5.41) is 7.75. The molecule has 6 nitrogen and oxygen atoms in total. The van der Waals surface area contributed by atoms with Crippen molar-refractivity contribution in [1.29, 1.82) is 0 Å². The molecule has 3 aromatic rings. The van der Waals surface area contributed by atoms with Gasteiger partial charge < -0.3 is 10.1 Å². The van der Waals surface area contributed by atoms with Crippen LogP contribution in [0.25, 0.3) is 11.0 Å². The number of pyridine rings is 1. The van der Waals surface area contributed by atoms with Crippen molar-refractivity contribution in [3.05, 3.63) is 48.3 Å². The first kappa shape index (κ1) is 16.8. The van der Waals surface area contributed by atoms with Crippen LogP contribution < -0.4 is 10.1 Å². The fourth-order valence-corrected chi connectivity index (χ4v) is 2.40. The Hall–Kier alpha value is -3.03. The molecule has 0 aliphatic heterocycles. The molecule has 0 bridgehead atoms. The molecule has 0 radical (unpaired) electrons. The molecule has 0 spiro atoms. The van der Waals surface area contributed by atoms with E-state index in [-0.39, 0.29) is 17.4 Å². The number of carbonyl (C=O) groups is 1. The van der Waals surface area contributed by atoms with Crippen LogP contribution >= 0.6 is 0 Å². The Morgan fingerprint density at radius 2 is 2.04 bits per heavy atom. The average molecular weight is 346 g/mol. The smallest absolute Gasteiger partial charge is 0.387 e. The first-order valence-corrected chi connectivity index (χ1v) is 7.63. The summed E-state index contributed by atoms with van der Waals surface area (Å²) in [7, 11) is 0. The highest BCUT2D eigenvalue weighted by atomic mass is 19.3. The van der Waals surface area contributed by atoms with Crippen LogP contribution in [-0.4, -0.2) is 27.3 Å². The topological polar surface area (TPSA) is 69.0 Å². The van der Waals surface area contributed by atoms with E-state index in [1.54, 1.807) is 16.9 Å². The SMILES string of the molecule is CC(C)n1ncc2cc(NC(=O)c3cccc(OC(F)F)c3)cnc21. The minimum atomic E-state index is -2.94. The molecule has 2 heterocycles. The first-order chi connectivity index (χ1) is 11.9. The van der Waals surface area contributed by atoms with E-state index < -0.39 is 12.5 Å². The number of amides is 1. The Bertz CT molecular complexity index is 909. The van der Waals surface area contributed by atoms with E-state index in [9.17, 15) is 13.6 Å². The molecule has 1 aromatic carbocycles. The number of anilines is 1. The second-order valence-electron chi connectivity index (χ2n) is 5.68. The number of benzene rings is 1. The largest absolute Gasteiger partial charge is 0.435 e. The molecule has 130 valence electrons. The number of nitrogens with one attached hydrogen (secondary N) is 1. The van der Waals surface area contributed by atoms with Crippen LogP contribution in [-0.2, 0) is 0 Å². The minimum Gasteiger partial charge on any atom is -0.435 e. The molecule has 0 fully saturated rings. The van der Waals surface area contributed by atoms with E-state index >= 15 is 0 Å². The number of aromatic nitrogens is 3. The molecule has 25 heavy (non-hydrogen) atoms. The molecular weight excluding hydrogens is 330 g/mol. The second-order valence-corrected chi connectivity index (χ2v) is 5.68. The number of carbonyl (C=O) groups excluding carboxylic acids is 1. The molecular formula is C17H16F2N4O2. The fraction of sp³-hybridized carbons (Fsp3) is 0.235. The van der Waals surface area contributed by atoms with Crippen molar-refractivity contribution in [1.82, 2.24) is 14.8 Å². The number of hydrogen-bond donors (Lipinski definition) is 1. The van der Waals surface area contributed by atoms with Gasteiger partial charge in [-0.05, 0) is 38.1 Å². The van der Waals surface area contributed by atoms with Crippen molar-refractivity contribution >= 4 is 22.6 Å². The van der Waals surface area contributed by atoms with Crippen molar-refractivity contribution in [2.45, 2.75) is 26.5 Å². The highest BCUT2D eigenvalue weighted by Gasteiger charge is 2.12. The lowest BCUT2D eigenvalue weighted by atomic mass is 10.2. The van der Waals surface area contributed by atoms with Gasteiger partial charge in [-0.25, -0.2) is 9.67 Å². The molecule has 0 saturated carbocycles. The summed E-state index contributed by atoms with van der Waals surface area (Å²) in [5.74, 6) is -0.522. The molecule has 0 saturated heterocycles. The van der Waals surface area contributed by atoms with E-state index in [2.05, 4.69) is 20.1 Å². The van der Waals surface area contributed by atoms with E-state index in [0.717, 1.165) is 11.0 Å². The van der Waals surface area contributed by atoms with Crippen LogP contribution in [0.3, 0.4) is 0 Å². The third kappa shape index (κ3) is 3.73. The van der Waals surface area contributed by atoms with Crippen molar-refractivity contribution in [3.8, 4) is 5.75 Å². The Labute approximate surface area is 142 Å². The number of alkyl halides is 2. The van der Waals surface area contributed by atoms with Gasteiger partial charge in [-0.15, -0.1) is 0 Å². The lowest BCUT2D eigenvalue weighted by Crippen LogP contribution is -2.12. The van der Waals surface area contributed by atoms with Crippen LogP contribution in [0.1, 0.15) is 30.2 Å². The van der Waals surface area contributed by atoms with Crippen LogP contribution in [0, 0.1) is 0 Å².